The van der Waals surface area contributed by atoms with E-state index in [1.165, 1.54) is 18.2 Å². The number of rotatable bonds is 3. The molecule has 0 fully saturated rings. The van der Waals surface area contributed by atoms with E-state index in [2.05, 4.69) is 0 Å². The molecule has 0 aliphatic heterocycles. The first kappa shape index (κ1) is 12.3. The second-order valence-corrected chi connectivity index (χ2v) is 4.27. The van der Waals surface area contributed by atoms with Gasteiger partial charge in [0, 0.05) is 6.42 Å². The summed E-state index contributed by atoms with van der Waals surface area (Å²) in [5.74, 6) is -1.42. The van der Waals surface area contributed by atoms with Crippen LogP contribution in [0.5, 0.6) is 0 Å². The van der Waals surface area contributed by atoms with E-state index >= 15 is 0 Å². The molecular weight excluding hydrogens is 231 g/mol. The fourth-order valence-electron chi connectivity index (χ4n) is 1.77. The molecule has 2 aromatic carbocycles. The minimum atomic E-state index is -1.04. The fraction of sp³-hybridized carbons (Fsp3) is 0.133. The van der Waals surface area contributed by atoms with Crippen LogP contribution in [-0.2, 0) is 6.42 Å². The fourth-order valence-corrected chi connectivity index (χ4v) is 1.77. The lowest BCUT2D eigenvalue weighted by atomic mass is 10.0. The molecule has 1 N–H and O–H groups in total. The smallest absolute Gasteiger partial charge is 0.335 e. The van der Waals surface area contributed by atoms with Crippen molar-refractivity contribution in [3.63, 3.8) is 0 Å². The lowest BCUT2D eigenvalue weighted by Gasteiger charge is -2.05. The molecule has 3 heteroatoms. The summed E-state index contributed by atoms with van der Waals surface area (Å²) in [6, 6.07) is 11.6. The molecule has 0 bridgehead atoms. The maximum absolute atomic E-state index is 13.6. The Kier molecular flexibility index (Phi) is 3.42. The molecule has 0 saturated carbocycles. The van der Waals surface area contributed by atoms with E-state index in [1.54, 1.807) is 0 Å². The Morgan fingerprint density at radius 3 is 2.44 bits per heavy atom. The largest absolute Gasteiger partial charge is 0.478 e. The first-order valence-electron chi connectivity index (χ1n) is 5.63. The lowest BCUT2D eigenvalue weighted by molar-refractivity contribution is 0.0696. The van der Waals surface area contributed by atoms with Gasteiger partial charge in [-0.1, -0.05) is 29.8 Å². The maximum atomic E-state index is 13.6. The Morgan fingerprint density at radius 1 is 1.17 bits per heavy atom. The van der Waals surface area contributed by atoms with E-state index in [4.69, 9.17) is 5.11 Å². The van der Waals surface area contributed by atoms with Gasteiger partial charge >= 0.3 is 5.97 Å². The molecule has 0 aliphatic carbocycles. The van der Waals surface area contributed by atoms with E-state index in [1.807, 2.05) is 31.2 Å². The molecule has 0 saturated heterocycles. The quantitative estimate of drug-likeness (QED) is 0.898. The summed E-state index contributed by atoms with van der Waals surface area (Å²) in [5.41, 5.74) is 2.61. The number of halogens is 1. The first-order chi connectivity index (χ1) is 8.56. The van der Waals surface area contributed by atoms with Crippen LogP contribution in [0.2, 0.25) is 0 Å². The zero-order valence-electron chi connectivity index (χ0n) is 9.98. The number of hydrogen-bond donors (Lipinski definition) is 1. The summed E-state index contributed by atoms with van der Waals surface area (Å²) in [5, 5.41) is 8.88. The molecule has 2 rings (SSSR count). The van der Waals surface area contributed by atoms with Crippen LogP contribution in [0.15, 0.2) is 42.5 Å². The van der Waals surface area contributed by atoms with Crippen LogP contribution < -0.4 is 0 Å². The van der Waals surface area contributed by atoms with Gasteiger partial charge in [0.25, 0.3) is 0 Å². The van der Waals surface area contributed by atoms with Crippen LogP contribution in [0.4, 0.5) is 4.39 Å². The van der Waals surface area contributed by atoms with E-state index < -0.39 is 5.97 Å². The number of carboxylic acid groups (broad SMARTS) is 1. The summed E-state index contributed by atoms with van der Waals surface area (Å²) in [6.07, 6.45) is 0.396. The monoisotopic (exact) mass is 244 g/mol. The molecule has 92 valence electrons. The SMILES string of the molecule is Cc1ccc(Cc2cc(C(=O)O)ccc2F)cc1. The highest BCUT2D eigenvalue weighted by atomic mass is 19.1. The number of benzene rings is 2. The van der Waals surface area contributed by atoms with Crippen LogP contribution in [0.1, 0.15) is 27.0 Å². The van der Waals surface area contributed by atoms with Crippen LogP contribution in [0.3, 0.4) is 0 Å². The zero-order chi connectivity index (χ0) is 13.1. The van der Waals surface area contributed by atoms with Crippen molar-refractivity contribution < 1.29 is 14.3 Å². The Labute approximate surface area is 105 Å². The summed E-state index contributed by atoms with van der Waals surface area (Å²) in [4.78, 5) is 10.8. The number of carboxylic acids is 1. The van der Waals surface area contributed by atoms with Gasteiger partial charge in [0.1, 0.15) is 5.82 Å². The summed E-state index contributed by atoms with van der Waals surface area (Å²) in [7, 11) is 0. The van der Waals surface area contributed by atoms with Gasteiger partial charge in [-0.3, -0.25) is 0 Å². The van der Waals surface area contributed by atoms with Crippen molar-refractivity contribution in [3.8, 4) is 0 Å². The topological polar surface area (TPSA) is 37.3 Å². The molecule has 0 unspecified atom stereocenters. The molecule has 0 radical (unpaired) electrons. The second kappa shape index (κ2) is 5.00. The van der Waals surface area contributed by atoms with Crippen LogP contribution in [0, 0.1) is 12.7 Å². The summed E-state index contributed by atoms with van der Waals surface area (Å²) < 4.78 is 13.6. The maximum Gasteiger partial charge on any atom is 0.335 e. The molecule has 0 heterocycles. The predicted molar refractivity (Wildman–Crippen MR) is 67.3 cm³/mol. The minimum absolute atomic E-state index is 0.110. The first-order valence-corrected chi connectivity index (χ1v) is 5.63. The van der Waals surface area contributed by atoms with E-state index in [-0.39, 0.29) is 11.4 Å². The minimum Gasteiger partial charge on any atom is -0.478 e. The van der Waals surface area contributed by atoms with E-state index in [0.29, 0.717) is 12.0 Å². The number of aryl methyl sites for hydroxylation is 1. The molecule has 2 aromatic rings. The van der Waals surface area contributed by atoms with Gasteiger partial charge in [0.05, 0.1) is 5.56 Å². The number of carbonyl (C=O) groups is 1. The highest BCUT2D eigenvalue weighted by molar-refractivity contribution is 5.87. The van der Waals surface area contributed by atoms with E-state index in [0.717, 1.165) is 11.1 Å². The molecular formula is C15H13FO2. The third kappa shape index (κ3) is 2.74. The van der Waals surface area contributed by atoms with Crippen LogP contribution >= 0.6 is 0 Å². The van der Waals surface area contributed by atoms with Gasteiger partial charge in [-0.25, -0.2) is 9.18 Å². The predicted octanol–water partition coefficient (Wildman–Crippen LogP) is 3.42. The van der Waals surface area contributed by atoms with Crippen molar-refractivity contribution in [2.24, 2.45) is 0 Å². The molecule has 0 aliphatic rings. The van der Waals surface area contributed by atoms with Crippen molar-refractivity contribution >= 4 is 5.97 Å². The van der Waals surface area contributed by atoms with Gasteiger partial charge in [0.15, 0.2) is 0 Å². The molecule has 0 spiro atoms. The van der Waals surface area contributed by atoms with Crippen molar-refractivity contribution in [1.29, 1.82) is 0 Å². The molecule has 0 atom stereocenters. The Bertz CT molecular complexity index is 574. The molecule has 0 amide bonds. The van der Waals surface area contributed by atoms with Crippen molar-refractivity contribution in [2.75, 3.05) is 0 Å². The van der Waals surface area contributed by atoms with Gasteiger partial charge < -0.3 is 5.11 Å². The standard InChI is InChI=1S/C15H13FO2/c1-10-2-4-11(5-3-10)8-13-9-12(15(17)18)6-7-14(13)16/h2-7,9H,8H2,1H3,(H,17,18). The molecule has 18 heavy (non-hydrogen) atoms. The number of hydrogen-bond acceptors (Lipinski definition) is 1. The highest BCUT2D eigenvalue weighted by Gasteiger charge is 2.08. The molecule has 2 nitrogen and oxygen atoms in total. The zero-order valence-corrected chi connectivity index (χ0v) is 9.98. The van der Waals surface area contributed by atoms with Crippen molar-refractivity contribution in [3.05, 3.63) is 70.5 Å². The highest BCUT2D eigenvalue weighted by Crippen LogP contribution is 2.16. The van der Waals surface area contributed by atoms with E-state index in [9.17, 15) is 9.18 Å². The van der Waals surface area contributed by atoms with Crippen molar-refractivity contribution in [2.45, 2.75) is 13.3 Å². The lowest BCUT2D eigenvalue weighted by Crippen LogP contribution is -2.00. The van der Waals surface area contributed by atoms with Crippen LogP contribution in [0.25, 0.3) is 0 Å². The summed E-state index contributed by atoms with van der Waals surface area (Å²) >= 11 is 0. The normalized spacial score (nSPS) is 10.3. The number of aromatic carboxylic acids is 1. The summed E-state index contributed by atoms with van der Waals surface area (Å²) in [6.45, 7) is 1.98. The van der Waals surface area contributed by atoms with Crippen LogP contribution in [-0.4, -0.2) is 11.1 Å². The molecule has 0 aromatic heterocycles. The van der Waals surface area contributed by atoms with Crippen molar-refractivity contribution in [1.82, 2.24) is 0 Å². The van der Waals surface area contributed by atoms with Gasteiger partial charge in [0.2, 0.25) is 0 Å². The average Bonchev–Trinajstić information content (AvgIpc) is 2.34. The third-order valence-electron chi connectivity index (χ3n) is 2.81. The Hall–Kier alpha value is -2.16. The Balaban J connectivity index is 2.30. The Morgan fingerprint density at radius 2 is 1.83 bits per heavy atom. The second-order valence-electron chi connectivity index (χ2n) is 4.27. The average molecular weight is 244 g/mol. The van der Waals surface area contributed by atoms with Gasteiger partial charge in [-0.2, -0.15) is 0 Å². The van der Waals surface area contributed by atoms with Gasteiger partial charge in [-0.15, -0.1) is 0 Å². The van der Waals surface area contributed by atoms with Gasteiger partial charge in [-0.05, 0) is 36.2 Å². The third-order valence-corrected chi connectivity index (χ3v) is 2.81.